The Morgan fingerprint density at radius 2 is 1.50 bits per heavy atom. The molecule has 14 heteroatoms. The molecule has 0 saturated carbocycles. The van der Waals surface area contributed by atoms with Crippen LogP contribution < -0.4 is 39.2 Å². The number of hydrogen-bond donors (Lipinski definition) is 2. The van der Waals surface area contributed by atoms with Crippen LogP contribution in [-0.2, 0) is 36.5 Å². The monoisotopic (exact) mass is 900 g/mol. The number of halogens is 1. The predicted octanol–water partition coefficient (Wildman–Crippen LogP) is 2.88. The third-order valence-electron chi connectivity index (χ3n) is 9.21. The lowest BCUT2D eigenvalue weighted by molar-refractivity contribution is -0.671. The number of β-lactam (4-membered cyclic amide) rings is 1. The molecule has 0 spiro atoms. The van der Waals surface area contributed by atoms with Crippen LogP contribution in [0.15, 0.2) is 132 Å². The van der Waals surface area contributed by atoms with Crippen LogP contribution in [0.4, 0.5) is 5.13 Å². The number of anilines is 1. The van der Waals surface area contributed by atoms with E-state index in [1.54, 1.807) is 26.2 Å². The quantitative estimate of drug-likeness (QED) is 0.0395. The fourth-order valence-electron chi connectivity index (χ4n) is 6.84. The van der Waals surface area contributed by atoms with E-state index in [1.807, 2.05) is 90.7 Å². The third-order valence-corrected chi connectivity index (χ3v) is 11.2. The van der Waals surface area contributed by atoms with Crippen LogP contribution in [0.3, 0.4) is 0 Å². The van der Waals surface area contributed by atoms with Crippen LogP contribution in [0, 0.1) is 0 Å². The summed E-state index contributed by atoms with van der Waals surface area (Å²) in [5, 5.41) is 12.9. The maximum Gasteiger partial charge on any atom is 0.356 e. The summed E-state index contributed by atoms with van der Waals surface area (Å²) >= 11 is 2.77. The molecule has 2 atom stereocenters. The molecule has 11 nitrogen and oxygen atoms in total. The minimum absolute atomic E-state index is 0. The molecule has 56 heavy (non-hydrogen) atoms. The average molecular weight is 901 g/mol. The molecule has 2 aromatic heterocycles. The number of carbonyl (C=O) groups excluding carboxylic acids is 3. The van der Waals surface area contributed by atoms with Gasteiger partial charge < -0.3 is 44.2 Å². The number of carbonyl (C=O) groups is 3. The second-order valence-electron chi connectivity index (χ2n) is 14.1. The molecular formula is C42H41IN6O5S2. The Hall–Kier alpha value is -5.06. The van der Waals surface area contributed by atoms with Crippen molar-refractivity contribution in [1.82, 2.24) is 15.2 Å². The van der Waals surface area contributed by atoms with Crippen molar-refractivity contribution in [2.75, 3.05) is 18.2 Å². The number of nitrogens with one attached hydrogen (secondary N) is 2. The number of esters is 1. The smallest absolute Gasteiger partial charge is 0.356 e. The zero-order chi connectivity index (χ0) is 38.7. The second-order valence-corrected chi connectivity index (χ2v) is 16.0. The summed E-state index contributed by atoms with van der Waals surface area (Å²) in [6.45, 7) is 5.34. The molecule has 2 aliphatic rings. The number of pyridine rings is 1. The topological polar surface area (TPSA) is 126 Å². The van der Waals surface area contributed by atoms with Crippen molar-refractivity contribution < 1.29 is 52.5 Å². The summed E-state index contributed by atoms with van der Waals surface area (Å²) in [6, 6.07) is 32.7. The van der Waals surface area contributed by atoms with Gasteiger partial charge in [-0.25, -0.2) is 14.3 Å². The number of ether oxygens (including phenoxy) is 1. The molecule has 4 heterocycles. The Bertz CT molecular complexity index is 2180. The van der Waals surface area contributed by atoms with Crippen molar-refractivity contribution in [1.29, 1.82) is 0 Å². The van der Waals surface area contributed by atoms with Gasteiger partial charge in [0.15, 0.2) is 23.2 Å². The molecule has 0 bridgehead atoms. The normalized spacial score (nSPS) is 16.9. The van der Waals surface area contributed by atoms with Gasteiger partial charge in [0.05, 0.1) is 16.5 Å². The van der Waals surface area contributed by atoms with E-state index in [0.29, 0.717) is 15.8 Å². The molecule has 0 aliphatic carbocycles. The van der Waals surface area contributed by atoms with Gasteiger partial charge in [-0.05, 0) is 43.5 Å². The van der Waals surface area contributed by atoms with E-state index in [9.17, 15) is 14.4 Å². The first-order chi connectivity index (χ1) is 26.5. The van der Waals surface area contributed by atoms with E-state index < -0.39 is 41.0 Å². The van der Waals surface area contributed by atoms with Crippen LogP contribution in [0.2, 0.25) is 0 Å². The van der Waals surface area contributed by atoms with Crippen molar-refractivity contribution in [2.45, 2.75) is 44.0 Å². The number of amides is 2. The van der Waals surface area contributed by atoms with Crippen molar-refractivity contribution in [3.05, 3.63) is 155 Å². The molecule has 3 aromatic carbocycles. The highest BCUT2D eigenvalue weighted by Crippen LogP contribution is 2.44. The van der Waals surface area contributed by atoms with E-state index in [0.717, 1.165) is 22.3 Å². The molecule has 1 fully saturated rings. The van der Waals surface area contributed by atoms with E-state index in [-0.39, 0.29) is 41.1 Å². The number of hydrogen-bond acceptors (Lipinski definition) is 10. The maximum absolute atomic E-state index is 14.0. The van der Waals surface area contributed by atoms with Crippen LogP contribution in [0.1, 0.15) is 48.7 Å². The van der Waals surface area contributed by atoms with Crippen molar-refractivity contribution >= 4 is 56.6 Å². The van der Waals surface area contributed by atoms with Gasteiger partial charge in [0.2, 0.25) is 0 Å². The summed E-state index contributed by atoms with van der Waals surface area (Å²) in [6.07, 6.45) is 3.78. The Morgan fingerprint density at radius 1 is 0.911 bits per heavy atom. The van der Waals surface area contributed by atoms with Gasteiger partial charge in [0.1, 0.15) is 42.7 Å². The van der Waals surface area contributed by atoms with Gasteiger partial charge >= 0.3 is 5.97 Å². The van der Waals surface area contributed by atoms with Crippen molar-refractivity contribution in [2.24, 2.45) is 12.2 Å². The molecule has 2 amide bonds. The highest BCUT2D eigenvalue weighted by molar-refractivity contribution is 8.08. The first-order valence-electron chi connectivity index (χ1n) is 17.7. The summed E-state index contributed by atoms with van der Waals surface area (Å²) in [7, 11) is 3.24. The Labute approximate surface area is 351 Å². The highest BCUT2D eigenvalue weighted by Gasteiger charge is 2.55. The standard InChI is InChI=1S/C42H40N6O5S2.HI/c1-41(2,3)53-39(51)35-36(27-16-15-23-47(4)24-27)54-26-32-34(38(50)48(32)35)44-37(49)33(46-52-5)31-25-55-40(43-31)45-42(28-17-9-6-10-18-28,29-19-11-7-12-20-29)30-21-13-8-14-22-30;/h6-25,32,34H,26H2,1-5H3,(H-,43,44,45,49);1H/b46-33-;. The van der Waals surface area contributed by atoms with E-state index in [1.165, 1.54) is 35.1 Å². The Morgan fingerprint density at radius 3 is 2.04 bits per heavy atom. The number of aryl methyl sites for hydroxylation is 1. The fraction of sp³-hybridized carbons (Fsp3) is 0.238. The van der Waals surface area contributed by atoms with Crippen LogP contribution in [0.5, 0.6) is 0 Å². The molecule has 288 valence electrons. The van der Waals surface area contributed by atoms with Crippen LogP contribution >= 0.6 is 23.1 Å². The molecule has 1 saturated heterocycles. The van der Waals surface area contributed by atoms with E-state index >= 15 is 0 Å². The number of oxime groups is 1. The number of aromatic nitrogens is 2. The summed E-state index contributed by atoms with van der Waals surface area (Å²) in [5.41, 5.74) is 2.49. The number of fused-ring (bicyclic) bond motifs is 1. The number of rotatable bonds is 11. The van der Waals surface area contributed by atoms with Crippen molar-refractivity contribution in [3.8, 4) is 0 Å². The van der Waals surface area contributed by atoms with Gasteiger partial charge in [0.25, 0.3) is 11.8 Å². The minimum Gasteiger partial charge on any atom is -1.00 e. The van der Waals surface area contributed by atoms with Gasteiger partial charge in [-0.15, -0.1) is 23.1 Å². The first-order valence-corrected chi connectivity index (χ1v) is 19.6. The molecular weight excluding hydrogens is 860 g/mol. The maximum atomic E-state index is 14.0. The number of benzene rings is 3. The summed E-state index contributed by atoms with van der Waals surface area (Å²) in [5.74, 6) is -1.22. The third kappa shape index (κ3) is 8.09. The Kier molecular flexibility index (Phi) is 12.3. The first kappa shape index (κ1) is 40.6. The lowest BCUT2D eigenvalue weighted by Crippen LogP contribution is -3.00. The van der Waals surface area contributed by atoms with Gasteiger partial charge in [0, 0.05) is 17.2 Å². The molecule has 5 aromatic rings. The predicted molar refractivity (Wildman–Crippen MR) is 214 cm³/mol. The summed E-state index contributed by atoms with van der Waals surface area (Å²) in [4.78, 5) is 53.6. The lowest BCUT2D eigenvalue weighted by atomic mass is 9.77. The fourth-order valence-corrected chi connectivity index (χ4v) is 8.88. The number of thioether (sulfide) groups is 1. The van der Waals surface area contributed by atoms with E-state index in [4.69, 9.17) is 14.6 Å². The average Bonchev–Trinajstić information content (AvgIpc) is 3.65. The highest BCUT2D eigenvalue weighted by atomic mass is 127. The van der Waals surface area contributed by atoms with Crippen molar-refractivity contribution in [3.63, 3.8) is 0 Å². The lowest BCUT2D eigenvalue weighted by Gasteiger charge is -2.50. The zero-order valence-electron chi connectivity index (χ0n) is 31.4. The van der Waals surface area contributed by atoms with Crippen LogP contribution in [0.25, 0.3) is 4.91 Å². The largest absolute Gasteiger partial charge is 1.00 e. The van der Waals surface area contributed by atoms with Crippen LogP contribution in [-0.4, -0.2) is 63.9 Å². The molecule has 2 aliphatic heterocycles. The van der Waals surface area contributed by atoms with Gasteiger partial charge in [-0.1, -0.05) is 96.2 Å². The molecule has 2 unspecified atom stereocenters. The molecule has 2 N–H and O–H groups in total. The minimum atomic E-state index is -0.911. The molecule has 7 rings (SSSR count). The van der Waals surface area contributed by atoms with Gasteiger partial charge in [-0.2, -0.15) is 0 Å². The van der Waals surface area contributed by atoms with Gasteiger partial charge in [-0.3, -0.25) is 14.5 Å². The number of thiazole rings is 1. The van der Waals surface area contributed by atoms with E-state index in [2.05, 4.69) is 52.2 Å². The Balaban J connectivity index is 0.00000532. The molecule has 0 radical (unpaired) electrons. The SMILES string of the molecule is CO/N=C(\C(=O)NC1C(=O)N2C(C(=O)OC(C)(C)C)=C(c3ccc[n+](C)c3)SCC12)c1csc(NC(c2ccccc2)(c2ccccc2)c2ccccc2)n1.[I-]. The summed E-state index contributed by atoms with van der Waals surface area (Å²) < 4.78 is 7.66. The number of nitrogens with zero attached hydrogens (tertiary/aromatic N) is 4. The second kappa shape index (κ2) is 17.0. The zero-order valence-corrected chi connectivity index (χ0v) is 35.2.